The molecule has 0 aromatic heterocycles. The summed E-state index contributed by atoms with van der Waals surface area (Å²) in [5, 5.41) is 1.77. The molecule has 0 bridgehead atoms. The summed E-state index contributed by atoms with van der Waals surface area (Å²) < 4.78 is 52.3. The first-order chi connectivity index (χ1) is 12.9. The number of para-hydroxylation sites is 1. The predicted molar refractivity (Wildman–Crippen MR) is 107 cm³/mol. The summed E-state index contributed by atoms with van der Waals surface area (Å²) >= 11 is 0. The molecule has 3 aromatic rings. The van der Waals surface area contributed by atoms with E-state index < -0.39 is 25.9 Å². The molecule has 0 N–H and O–H groups in total. The van der Waals surface area contributed by atoms with Crippen LogP contribution in [0.5, 0.6) is 0 Å². The number of benzene rings is 3. The van der Waals surface area contributed by atoms with Crippen molar-refractivity contribution in [3.05, 3.63) is 72.8 Å². The van der Waals surface area contributed by atoms with E-state index in [1.807, 2.05) is 24.3 Å². The number of fused-ring (bicyclic) bond motifs is 1. The van der Waals surface area contributed by atoms with Gasteiger partial charge >= 0.3 is 0 Å². The summed E-state index contributed by atoms with van der Waals surface area (Å²) in [5.41, 5.74) is 0.479. The molecule has 0 radical (unpaired) electrons. The molecule has 0 amide bonds. The minimum Gasteiger partial charge on any atom is -0.262 e. The first-order valence-electron chi connectivity index (χ1n) is 8.66. The Morgan fingerprint density at radius 2 is 1.52 bits per heavy atom. The van der Waals surface area contributed by atoms with E-state index in [4.69, 9.17) is 0 Å². The largest absolute Gasteiger partial charge is 0.264 e. The van der Waals surface area contributed by atoms with Crippen molar-refractivity contribution in [1.29, 1.82) is 0 Å². The molecule has 5 nitrogen and oxygen atoms in total. The second-order valence-corrected chi connectivity index (χ2v) is 10.7. The van der Waals surface area contributed by atoms with E-state index >= 15 is 0 Å². The topological polar surface area (TPSA) is 71.5 Å². The molecule has 1 aliphatic rings. The van der Waals surface area contributed by atoms with Crippen LogP contribution in [0.4, 0.5) is 5.69 Å². The van der Waals surface area contributed by atoms with Crippen LogP contribution in [0.25, 0.3) is 10.8 Å². The third-order valence-corrected chi connectivity index (χ3v) is 8.46. The molecule has 0 spiro atoms. The van der Waals surface area contributed by atoms with Crippen LogP contribution in [-0.4, -0.2) is 34.4 Å². The van der Waals surface area contributed by atoms with Crippen LogP contribution >= 0.6 is 0 Å². The van der Waals surface area contributed by atoms with Crippen LogP contribution in [0.2, 0.25) is 0 Å². The molecule has 1 saturated heterocycles. The van der Waals surface area contributed by atoms with E-state index in [0.29, 0.717) is 12.1 Å². The number of sulfonamides is 1. The fourth-order valence-electron chi connectivity index (χ4n) is 3.52. The second-order valence-electron chi connectivity index (χ2n) is 6.70. The van der Waals surface area contributed by atoms with Crippen molar-refractivity contribution < 1.29 is 16.8 Å². The number of sulfone groups is 1. The summed E-state index contributed by atoms with van der Waals surface area (Å²) in [7, 11) is -7.14. The van der Waals surface area contributed by atoms with Crippen LogP contribution in [0.3, 0.4) is 0 Å². The Kier molecular flexibility index (Phi) is 4.44. The van der Waals surface area contributed by atoms with E-state index in [0.717, 1.165) is 10.8 Å². The van der Waals surface area contributed by atoms with Gasteiger partial charge in [0.15, 0.2) is 9.84 Å². The van der Waals surface area contributed by atoms with Crippen molar-refractivity contribution in [2.45, 2.75) is 17.4 Å². The quantitative estimate of drug-likeness (QED) is 0.673. The number of hydrogen-bond acceptors (Lipinski definition) is 4. The molecule has 0 aliphatic carbocycles. The van der Waals surface area contributed by atoms with Gasteiger partial charge in [0.05, 0.1) is 28.1 Å². The third kappa shape index (κ3) is 3.44. The SMILES string of the molecule is O=S1(=O)CC[C@H](N(c2ccccc2)S(=O)(=O)c2ccc3ccccc3c2)C1. The van der Waals surface area contributed by atoms with Crippen molar-refractivity contribution in [3.8, 4) is 0 Å². The molecule has 4 rings (SSSR count). The zero-order valence-electron chi connectivity index (χ0n) is 14.5. The molecule has 1 heterocycles. The van der Waals surface area contributed by atoms with Crippen molar-refractivity contribution in [2.75, 3.05) is 15.8 Å². The van der Waals surface area contributed by atoms with E-state index in [2.05, 4.69) is 0 Å². The number of hydrogen-bond donors (Lipinski definition) is 0. The van der Waals surface area contributed by atoms with Crippen LogP contribution in [0.15, 0.2) is 77.7 Å². The van der Waals surface area contributed by atoms with E-state index in [1.165, 1.54) is 4.31 Å². The average molecular weight is 402 g/mol. The van der Waals surface area contributed by atoms with Crippen molar-refractivity contribution >= 4 is 36.3 Å². The Morgan fingerprint density at radius 3 is 2.19 bits per heavy atom. The van der Waals surface area contributed by atoms with E-state index in [-0.39, 0.29) is 16.4 Å². The maximum absolute atomic E-state index is 13.5. The van der Waals surface area contributed by atoms with Gasteiger partial charge in [-0.3, -0.25) is 4.31 Å². The summed E-state index contributed by atoms with van der Waals surface area (Å²) in [6.07, 6.45) is 0.296. The standard InChI is InChI=1S/C20H19NO4S2/c22-26(23)13-12-19(15-26)21(18-8-2-1-3-9-18)27(24,25)20-11-10-16-6-4-5-7-17(16)14-20/h1-11,14,19H,12-13,15H2/t19-/m0/s1. The van der Waals surface area contributed by atoms with Gasteiger partial charge in [-0.25, -0.2) is 16.8 Å². The van der Waals surface area contributed by atoms with Gasteiger partial charge in [0.2, 0.25) is 0 Å². The maximum atomic E-state index is 13.5. The Bertz CT molecular complexity index is 1190. The first kappa shape index (κ1) is 18.0. The first-order valence-corrected chi connectivity index (χ1v) is 11.9. The summed E-state index contributed by atoms with van der Waals surface area (Å²) in [6, 6.07) is 20.6. The molecular weight excluding hydrogens is 382 g/mol. The van der Waals surface area contributed by atoms with E-state index in [9.17, 15) is 16.8 Å². The van der Waals surface area contributed by atoms with Crippen LogP contribution in [0.1, 0.15) is 6.42 Å². The second kappa shape index (κ2) is 6.65. The highest BCUT2D eigenvalue weighted by molar-refractivity contribution is 7.93. The van der Waals surface area contributed by atoms with Crippen molar-refractivity contribution in [3.63, 3.8) is 0 Å². The molecule has 27 heavy (non-hydrogen) atoms. The molecule has 0 unspecified atom stereocenters. The maximum Gasteiger partial charge on any atom is 0.264 e. The van der Waals surface area contributed by atoms with Crippen molar-refractivity contribution in [2.24, 2.45) is 0 Å². The zero-order chi connectivity index (χ0) is 19.1. The van der Waals surface area contributed by atoms with Crippen LogP contribution in [0, 0.1) is 0 Å². The van der Waals surface area contributed by atoms with Gasteiger partial charge in [0.25, 0.3) is 10.0 Å². The highest BCUT2D eigenvalue weighted by Gasteiger charge is 2.39. The normalized spacial score (nSPS) is 19.2. The lowest BCUT2D eigenvalue weighted by Gasteiger charge is -2.29. The molecule has 7 heteroatoms. The minimum atomic E-state index is -3.91. The van der Waals surface area contributed by atoms with Gasteiger partial charge in [0, 0.05) is 0 Å². The van der Waals surface area contributed by atoms with Crippen molar-refractivity contribution in [1.82, 2.24) is 0 Å². The van der Waals surface area contributed by atoms with Gasteiger partial charge < -0.3 is 0 Å². The summed E-state index contributed by atoms with van der Waals surface area (Å²) in [6.45, 7) is 0. The monoisotopic (exact) mass is 401 g/mol. The smallest absolute Gasteiger partial charge is 0.262 e. The summed E-state index contributed by atoms with van der Waals surface area (Å²) in [5.74, 6) is -0.150. The molecule has 1 aliphatic heterocycles. The highest BCUT2D eigenvalue weighted by Crippen LogP contribution is 2.31. The van der Waals surface area contributed by atoms with Gasteiger partial charge in [-0.1, -0.05) is 48.5 Å². The zero-order valence-corrected chi connectivity index (χ0v) is 16.2. The number of anilines is 1. The number of nitrogens with zero attached hydrogens (tertiary/aromatic N) is 1. The van der Waals surface area contributed by atoms with Gasteiger partial charge in [-0.05, 0) is 41.5 Å². The van der Waals surface area contributed by atoms with Gasteiger partial charge in [0.1, 0.15) is 0 Å². The Hall–Kier alpha value is -2.38. The van der Waals surface area contributed by atoms with Gasteiger partial charge in [-0.15, -0.1) is 0 Å². The molecule has 3 aromatic carbocycles. The average Bonchev–Trinajstić information content (AvgIpc) is 3.01. The van der Waals surface area contributed by atoms with E-state index in [1.54, 1.807) is 48.5 Å². The summed E-state index contributed by atoms with van der Waals surface area (Å²) in [4.78, 5) is 0.161. The van der Waals surface area contributed by atoms with Crippen LogP contribution < -0.4 is 4.31 Å². The fourth-order valence-corrected chi connectivity index (χ4v) is 7.03. The highest BCUT2D eigenvalue weighted by atomic mass is 32.2. The van der Waals surface area contributed by atoms with Gasteiger partial charge in [-0.2, -0.15) is 0 Å². The molecule has 1 atom stereocenters. The predicted octanol–water partition coefficient (Wildman–Crippen LogP) is 3.22. The lowest BCUT2D eigenvalue weighted by molar-refractivity contribution is 0.580. The fraction of sp³-hybridized carbons (Fsp3) is 0.200. The Labute approximate surface area is 159 Å². The molecule has 1 fully saturated rings. The molecular formula is C20H19NO4S2. The lowest BCUT2D eigenvalue weighted by Crippen LogP contribution is -2.41. The minimum absolute atomic E-state index is 0.00818. The Balaban J connectivity index is 1.84. The van der Waals surface area contributed by atoms with Crippen LogP contribution in [-0.2, 0) is 19.9 Å². The third-order valence-electron chi connectivity index (χ3n) is 4.83. The molecule has 140 valence electrons. The number of rotatable bonds is 4. The Morgan fingerprint density at radius 1 is 0.852 bits per heavy atom. The lowest BCUT2D eigenvalue weighted by atomic mass is 10.1. The molecule has 0 saturated carbocycles.